The van der Waals surface area contributed by atoms with Crippen LogP contribution in [-0.4, -0.2) is 57.0 Å². The van der Waals surface area contributed by atoms with Crippen molar-refractivity contribution in [3.05, 3.63) is 71.7 Å². The predicted octanol–water partition coefficient (Wildman–Crippen LogP) is 4.93. The van der Waals surface area contributed by atoms with E-state index in [1.807, 2.05) is 37.4 Å². The summed E-state index contributed by atoms with van der Waals surface area (Å²) in [5.41, 5.74) is -0.653. The van der Waals surface area contributed by atoms with Gasteiger partial charge in [-0.1, -0.05) is 30.3 Å². The first-order valence-electron chi connectivity index (χ1n) is 11.8. The van der Waals surface area contributed by atoms with Crippen LogP contribution in [-0.2, 0) is 13.2 Å². The van der Waals surface area contributed by atoms with Crippen LogP contribution in [0.15, 0.2) is 54.7 Å². The molecule has 0 spiro atoms. The second-order valence-electron chi connectivity index (χ2n) is 9.05. The molecule has 11 heteroatoms. The van der Waals surface area contributed by atoms with Gasteiger partial charge in [0.05, 0.1) is 11.3 Å². The van der Waals surface area contributed by atoms with Gasteiger partial charge in [0.1, 0.15) is 17.1 Å². The smallest absolute Gasteiger partial charge is 0.354 e. The molecule has 0 unspecified atom stereocenters. The van der Waals surface area contributed by atoms with Crippen LogP contribution in [0.4, 0.5) is 23.4 Å². The van der Waals surface area contributed by atoms with Crippen molar-refractivity contribution in [2.45, 2.75) is 25.1 Å². The zero-order chi connectivity index (χ0) is 26.3. The Labute approximate surface area is 210 Å². The van der Waals surface area contributed by atoms with Gasteiger partial charge in [0.15, 0.2) is 5.82 Å². The number of hydrogen-bond donors (Lipinski definition) is 0. The SMILES string of the molecule is CN(C(=O)c1cccc(F)c1C(F)(F)F)C1CCN(c2nnc(-c3ccnn3C)c3ccccc23)CC1. The molecule has 1 fully saturated rings. The minimum Gasteiger partial charge on any atom is -0.354 e. The maximum Gasteiger partial charge on any atom is 0.420 e. The zero-order valence-corrected chi connectivity index (χ0v) is 20.2. The van der Waals surface area contributed by atoms with Crippen LogP contribution >= 0.6 is 0 Å². The van der Waals surface area contributed by atoms with Gasteiger partial charge in [-0.05, 0) is 31.0 Å². The monoisotopic (exact) mass is 512 g/mol. The van der Waals surface area contributed by atoms with Crippen LogP contribution in [0, 0.1) is 5.82 Å². The maximum absolute atomic E-state index is 14.0. The number of anilines is 1. The minimum atomic E-state index is -4.97. The van der Waals surface area contributed by atoms with E-state index in [2.05, 4.69) is 20.2 Å². The molecule has 2 aromatic heterocycles. The van der Waals surface area contributed by atoms with Gasteiger partial charge in [-0.25, -0.2) is 4.39 Å². The number of amides is 1. The third-order valence-electron chi connectivity index (χ3n) is 6.89. The molecule has 1 aliphatic heterocycles. The number of carbonyl (C=O) groups excluding carboxylic acids is 1. The van der Waals surface area contributed by atoms with Gasteiger partial charge < -0.3 is 9.80 Å². The van der Waals surface area contributed by atoms with Crippen molar-refractivity contribution < 1.29 is 22.4 Å². The van der Waals surface area contributed by atoms with Crippen LogP contribution in [0.2, 0.25) is 0 Å². The molecule has 2 aromatic carbocycles. The highest BCUT2D eigenvalue weighted by Crippen LogP contribution is 2.36. The molecule has 1 aliphatic rings. The van der Waals surface area contributed by atoms with E-state index in [0.717, 1.165) is 34.3 Å². The number of nitrogens with zero attached hydrogens (tertiary/aromatic N) is 6. The van der Waals surface area contributed by atoms with E-state index >= 15 is 0 Å². The fourth-order valence-corrected chi connectivity index (χ4v) is 4.93. The second-order valence-corrected chi connectivity index (χ2v) is 9.05. The van der Waals surface area contributed by atoms with Crippen LogP contribution in [0.5, 0.6) is 0 Å². The molecule has 0 saturated carbocycles. The topological polar surface area (TPSA) is 67.2 Å². The number of piperidine rings is 1. The van der Waals surface area contributed by atoms with Crippen LogP contribution < -0.4 is 4.90 Å². The summed E-state index contributed by atoms with van der Waals surface area (Å²) in [4.78, 5) is 16.3. The number of aryl methyl sites for hydroxylation is 1. The summed E-state index contributed by atoms with van der Waals surface area (Å²) in [5.74, 6) is -1.60. The number of rotatable bonds is 4. The normalized spacial score (nSPS) is 14.8. The first-order valence-corrected chi connectivity index (χ1v) is 11.8. The lowest BCUT2D eigenvalue weighted by molar-refractivity contribution is -0.140. The summed E-state index contributed by atoms with van der Waals surface area (Å²) in [5, 5.41) is 15.1. The molecular formula is C26H24F4N6O. The van der Waals surface area contributed by atoms with Gasteiger partial charge in [-0.15, -0.1) is 10.2 Å². The summed E-state index contributed by atoms with van der Waals surface area (Å²) >= 11 is 0. The summed E-state index contributed by atoms with van der Waals surface area (Å²) in [6.45, 7) is 1.06. The van der Waals surface area contributed by atoms with E-state index in [4.69, 9.17) is 0 Å². The lowest BCUT2D eigenvalue weighted by atomic mass is 10.00. The third kappa shape index (κ3) is 4.49. The molecule has 0 radical (unpaired) electrons. The molecule has 0 N–H and O–H groups in total. The summed E-state index contributed by atoms with van der Waals surface area (Å²) in [7, 11) is 3.30. The van der Waals surface area contributed by atoms with E-state index in [0.29, 0.717) is 37.8 Å². The number of hydrogen-bond acceptors (Lipinski definition) is 5. The first kappa shape index (κ1) is 24.7. The highest BCUT2D eigenvalue weighted by Gasteiger charge is 2.40. The van der Waals surface area contributed by atoms with E-state index in [9.17, 15) is 22.4 Å². The molecule has 1 saturated heterocycles. The van der Waals surface area contributed by atoms with Gasteiger partial charge >= 0.3 is 6.18 Å². The first-order chi connectivity index (χ1) is 17.7. The quantitative estimate of drug-likeness (QED) is 0.363. The third-order valence-corrected chi connectivity index (χ3v) is 6.89. The molecular weight excluding hydrogens is 488 g/mol. The molecule has 3 heterocycles. The van der Waals surface area contributed by atoms with Gasteiger partial charge in [-0.2, -0.15) is 18.3 Å². The predicted molar refractivity (Wildman–Crippen MR) is 130 cm³/mol. The molecule has 0 atom stereocenters. The standard InChI is InChI=1S/C26H24F4N6O/c1-34(25(37)19-8-5-9-20(27)22(19)26(28,29)30)16-11-14-36(15-12-16)24-18-7-4-3-6-17(18)23(32-33-24)21-10-13-31-35(21)2/h3-10,13,16H,11-12,14-15H2,1-2H3. The highest BCUT2D eigenvalue weighted by molar-refractivity contribution is 6.00. The largest absolute Gasteiger partial charge is 0.420 e. The Morgan fingerprint density at radius 2 is 1.70 bits per heavy atom. The van der Waals surface area contributed by atoms with Crippen molar-refractivity contribution in [1.82, 2.24) is 24.9 Å². The lowest BCUT2D eigenvalue weighted by Gasteiger charge is -2.37. The van der Waals surface area contributed by atoms with Crippen molar-refractivity contribution in [1.29, 1.82) is 0 Å². The minimum absolute atomic E-state index is 0.305. The average Bonchev–Trinajstić information content (AvgIpc) is 3.32. The van der Waals surface area contributed by atoms with Crippen molar-refractivity contribution >= 4 is 22.5 Å². The highest BCUT2D eigenvalue weighted by atomic mass is 19.4. The number of halogens is 4. The van der Waals surface area contributed by atoms with Crippen molar-refractivity contribution in [3.8, 4) is 11.4 Å². The van der Waals surface area contributed by atoms with Gasteiger partial charge in [0.25, 0.3) is 5.91 Å². The Hall–Kier alpha value is -4.02. The molecule has 1 amide bonds. The zero-order valence-electron chi connectivity index (χ0n) is 20.2. The number of aromatic nitrogens is 4. The van der Waals surface area contributed by atoms with E-state index in [1.54, 1.807) is 10.9 Å². The molecule has 0 bridgehead atoms. The summed E-state index contributed by atoms with van der Waals surface area (Å²) in [6, 6.07) is 12.2. The van der Waals surface area contributed by atoms with Crippen LogP contribution in [0.25, 0.3) is 22.2 Å². The Bertz CT molecular complexity index is 1460. The summed E-state index contributed by atoms with van der Waals surface area (Å²) in [6.07, 6.45) is -2.25. The molecule has 4 aromatic rings. The molecule has 0 aliphatic carbocycles. The fraction of sp³-hybridized carbons (Fsp3) is 0.308. The van der Waals surface area contributed by atoms with Crippen molar-refractivity contribution in [2.24, 2.45) is 7.05 Å². The second kappa shape index (κ2) is 9.45. The van der Waals surface area contributed by atoms with Crippen LogP contribution in [0.1, 0.15) is 28.8 Å². The number of carbonyl (C=O) groups is 1. The molecule has 37 heavy (non-hydrogen) atoms. The Morgan fingerprint density at radius 1 is 1.00 bits per heavy atom. The number of alkyl halides is 3. The summed E-state index contributed by atoms with van der Waals surface area (Å²) < 4.78 is 56.1. The maximum atomic E-state index is 14.0. The van der Waals surface area contributed by atoms with Gasteiger partial charge in [0.2, 0.25) is 0 Å². The molecule has 7 nitrogen and oxygen atoms in total. The number of benzene rings is 2. The fourth-order valence-electron chi connectivity index (χ4n) is 4.93. The van der Waals surface area contributed by atoms with Crippen molar-refractivity contribution in [2.75, 3.05) is 25.0 Å². The Kier molecular flexibility index (Phi) is 6.30. The molecule has 5 rings (SSSR count). The average molecular weight is 513 g/mol. The number of fused-ring (bicyclic) bond motifs is 1. The van der Waals surface area contributed by atoms with Crippen LogP contribution in [0.3, 0.4) is 0 Å². The van der Waals surface area contributed by atoms with Gasteiger partial charge in [-0.3, -0.25) is 9.48 Å². The van der Waals surface area contributed by atoms with Crippen molar-refractivity contribution in [3.63, 3.8) is 0 Å². The van der Waals surface area contributed by atoms with Gasteiger partial charge in [0, 0.05) is 50.2 Å². The lowest BCUT2D eigenvalue weighted by Crippen LogP contribution is -2.46. The van der Waals surface area contributed by atoms with E-state index < -0.39 is 29.0 Å². The molecule has 192 valence electrons. The van der Waals surface area contributed by atoms with E-state index in [-0.39, 0.29) is 6.04 Å². The van der Waals surface area contributed by atoms with E-state index in [1.165, 1.54) is 11.9 Å². The Balaban J connectivity index is 1.36. The Morgan fingerprint density at radius 3 is 2.35 bits per heavy atom.